The zero-order chi connectivity index (χ0) is 92.3. The zero-order valence-electron chi connectivity index (χ0n) is 77.3. The maximum absolute atomic E-state index is 2.52. The van der Waals surface area contributed by atoms with Crippen LogP contribution in [0.25, 0.3) is 296 Å². The molecule has 0 bridgehead atoms. The molecule has 34 rings (SSSR count). The number of hydrogen-bond acceptors (Lipinski definition) is 0. The summed E-state index contributed by atoms with van der Waals surface area (Å²) in [6, 6.07) is 174. The van der Waals surface area contributed by atoms with Crippen LogP contribution < -0.4 is 0 Å². The van der Waals surface area contributed by atoms with Gasteiger partial charge in [0.05, 0.1) is 55.5 Å². The van der Waals surface area contributed by atoms with Crippen LogP contribution in [0.3, 0.4) is 0 Å². The van der Waals surface area contributed by atoms with Crippen molar-refractivity contribution in [1.82, 2.24) is 18.3 Å². The second-order valence-corrected chi connectivity index (χ2v) is 39.4. The van der Waals surface area contributed by atoms with Gasteiger partial charge in [0.2, 0.25) is 0 Å². The van der Waals surface area contributed by atoms with Crippen molar-refractivity contribution < 1.29 is 0 Å². The van der Waals surface area contributed by atoms with E-state index in [-0.39, 0.29) is 5.41 Å². The van der Waals surface area contributed by atoms with Crippen LogP contribution in [-0.4, -0.2) is 18.3 Å². The Kier molecular flexibility index (Phi) is 16.3. The molecule has 25 aromatic carbocycles. The van der Waals surface area contributed by atoms with Crippen LogP contribution in [0.1, 0.15) is 25.0 Å². The second-order valence-electron chi connectivity index (χ2n) is 39.4. The largest absolute Gasteiger partial charge is 0.309 e. The standard InChI is InChI=1S/C37H25N.C36H21N.2C32H19N/c1-37(2)32-16-7-5-12-25(32)26-19-18-22(20-33(26)37)38-34-17-8-6-13-27(34)31-21-30-24-11-4-3-10-23(24)28-14-9-15-29(35(28)30)36(31)38;1-2-11-23-22(10-1)20-34(27-15-6-5-12-24(23)27)37-33-19-8-7-16-28(33)32-21-31-26-14-4-3-13-25(26)29-17-9-18-30(35(29)31)36(32)37;1-2-11-21-20(9-1)10-7-18-29(21)33-30-17-6-5-14-24(30)28-19-27-23-13-4-3-12-22(23)25-15-8-16-26(31(25)27)32(28)33;1-2-9-21-18-22(17-16-20(21)8-1)33-30-15-6-5-12-25(30)29-19-28-24-11-4-3-10-23(24)26-13-7-14-27(31(26)28)32(29)33/h3-21H,1-2H3;1-21H;2*1-19H. The molecule has 141 heavy (non-hydrogen) atoms. The molecule has 0 amide bonds. The third kappa shape index (κ3) is 10.9. The van der Waals surface area contributed by atoms with Crippen molar-refractivity contribution in [3.8, 4) is 123 Å². The van der Waals surface area contributed by atoms with E-state index < -0.39 is 0 Å². The van der Waals surface area contributed by atoms with E-state index in [0.717, 1.165) is 0 Å². The molecule has 4 nitrogen and oxygen atoms in total. The van der Waals surface area contributed by atoms with Crippen molar-refractivity contribution in [2.75, 3.05) is 0 Å². The monoisotopic (exact) mass is 1780 g/mol. The summed E-state index contributed by atoms with van der Waals surface area (Å²) in [6.45, 7) is 4.72. The molecule has 0 aliphatic heterocycles. The van der Waals surface area contributed by atoms with E-state index >= 15 is 0 Å². The Morgan fingerprint density at radius 2 is 0.433 bits per heavy atom. The minimum Gasteiger partial charge on any atom is -0.309 e. The smallest absolute Gasteiger partial charge is 0.0620 e. The van der Waals surface area contributed by atoms with Crippen LogP contribution in [0.2, 0.25) is 0 Å². The van der Waals surface area contributed by atoms with Crippen molar-refractivity contribution in [3.63, 3.8) is 0 Å². The van der Waals surface area contributed by atoms with Gasteiger partial charge in [0.15, 0.2) is 0 Å². The molecule has 5 aliphatic rings. The van der Waals surface area contributed by atoms with Gasteiger partial charge in [-0.2, -0.15) is 0 Å². The van der Waals surface area contributed by atoms with Gasteiger partial charge in [-0.25, -0.2) is 0 Å². The number of aromatic nitrogens is 4. The lowest BCUT2D eigenvalue weighted by molar-refractivity contribution is 0.660. The average molecular weight is 1790 g/mol. The van der Waals surface area contributed by atoms with Crippen LogP contribution in [0.5, 0.6) is 0 Å². The molecule has 652 valence electrons. The van der Waals surface area contributed by atoms with Crippen molar-refractivity contribution in [2.45, 2.75) is 19.3 Å². The van der Waals surface area contributed by atoms with Crippen LogP contribution in [-0.2, 0) is 5.41 Å². The predicted octanol–water partition coefficient (Wildman–Crippen LogP) is 37.3. The fourth-order valence-corrected chi connectivity index (χ4v) is 26.1. The molecule has 0 spiro atoms. The summed E-state index contributed by atoms with van der Waals surface area (Å²) in [7, 11) is 0. The van der Waals surface area contributed by atoms with Gasteiger partial charge >= 0.3 is 0 Å². The zero-order valence-corrected chi connectivity index (χ0v) is 77.3. The highest BCUT2D eigenvalue weighted by Gasteiger charge is 2.38. The van der Waals surface area contributed by atoms with Crippen LogP contribution in [0.4, 0.5) is 0 Å². The fraction of sp³-hybridized carbons (Fsp3) is 0.0219. The normalized spacial score (nSPS) is 12.8. The average Bonchev–Trinajstić information content (AvgIpc) is 1.62. The minimum absolute atomic E-state index is 0.0341. The highest BCUT2D eigenvalue weighted by atomic mass is 15.0. The van der Waals surface area contributed by atoms with E-state index in [0.29, 0.717) is 0 Å². The topological polar surface area (TPSA) is 19.7 Å². The van der Waals surface area contributed by atoms with E-state index in [1.807, 2.05) is 0 Å². The SMILES string of the molecule is CC1(C)c2ccccc2-c2ccc(-n3c4ccccc4c4cc5c6c(cccc6c43)-c3ccccc3-5)cc21.c1ccc2c(c1)-c1cccc3c1c-2cc1c2ccccc2n(-c2cc4ccccc4c4ccccc24)c31.c1ccc2c(c1)-c1cccc3c1c-2cc1c2ccccc2n(-c2ccc4ccccc4c2)c31.c1ccc2c(c1)-c1cccc3c1c-2cc1c2ccccc2n(-c2cccc4ccccc24)c31. The van der Waals surface area contributed by atoms with Crippen molar-refractivity contribution >= 4 is 173 Å². The van der Waals surface area contributed by atoms with Crippen molar-refractivity contribution in [2.24, 2.45) is 0 Å². The molecular weight excluding hydrogens is 1700 g/mol. The maximum Gasteiger partial charge on any atom is 0.0620 e. The van der Waals surface area contributed by atoms with Crippen molar-refractivity contribution in [3.05, 3.63) is 484 Å². The number of para-hydroxylation sites is 4. The Balaban J connectivity index is 0.0000000866. The first-order valence-electron chi connectivity index (χ1n) is 49.3. The Morgan fingerprint density at radius 3 is 0.887 bits per heavy atom. The minimum atomic E-state index is -0.0341. The van der Waals surface area contributed by atoms with Gasteiger partial charge in [-0.05, 0) is 250 Å². The lowest BCUT2D eigenvalue weighted by atomic mass is 9.82. The maximum atomic E-state index is 2.52. The predicted molar refractivity (Wildman–Crippen MR) is 598 cm³/mol. The summed E-state index contributed by atoms with van der Waals surface area (Å²) in [5.41, 5.74) is 42.1. The molecule has 0 N–H and O–H groups in total. The van der Waals surface area contributed by atoms with E-state index in [1.54, 1.807) is 0 Å². The Hall–Kier alpha value is -18.2. The quantitative estimate of drug-likeness (QED) is 0.157. The van der Waals surface area contributed by atoms with E-state index in [1.165, 1.54) is 307 Å². The Bertz CT molecular complexity index is 10600. The number of hydrogen-bond donors (Lipinski definition) is 0. The van der Waals surface area contributed by atoms with E-state index in [4.69, 9.17) is 0 Å². The van der Waals surface area contributed by atoms with Gasteiger partial charge in [-0.1, -0.05) is 402 Å². The van der Waals surface area contributed by atoms with Gasteiger partial charge < -0.3 is 18.3 Å². The van der Waals surface area contributed by atoms with Gasteiger partial charge in [0.1, 0.15) is 0 Å². The molecule has 0 fully saturated rings. The van der Waals surface area contributed by atoms with Crippen molar-refractivity contribution in [1.29, 1.82) is 0 Å². The molecular formula is C137H84N4. The molecule has 0 atom stereocenters. The summed E-state index contributed by atoms with van der Waals surface area (Å²) < 4.78 is 9.98. The number of nitrogens with zero attached hydrogens (tertiary/aromatic N) is 4. The Labute approximate surface area is 812 Å². The molecule has 5 aliphatic carbocycles. The molecule has 0 radical (unpaired) electrons. The molecule has 0 saturated heterocycles. The van der Waals surface area contributed by atoms with Crippen LogP contribution in [0, 0.1) is 0 Å². The second kappa shape index (κ2) is 29.4. The molecule has 4 heterocycles. The molecule has 0 saturated carbocycles. The summed E-state index contributed by atoms with van der Waals surface area (Å²) in [6.07, 6.45) is 0. The molecule has 29 aromatic rings. The number of benzene rings is 25. The first-order valence-corrected chi connectivity index (χ1v) is 49.3. The first kappa shape index (κ1) is 78.0. The third-order valence-corrected chi connectivity index (χ3v) is 32.0. The van der Waals surface area contributed by atoms with Gasteiger partial charge in [-0.3, -0.25) is 0 Å². The molecule has 4 heteroatoms. The summed E-state index contributed by atoms with van der Waals surface area (Å²) in [5.74, 6) is 0. The lowest BCUT2D eigenvalue weighted by Gasteiger charge is -2.22. The summed E-state index contributed by atoms with van der Waals surface area (Å²) in [5, 5.41) is 31.4. The van der Waals surface area contributed by atoms with E-state index in [2.05, 4.69) is 505 Å². The summed E-state index contributed by atoms with van der Waals surface area (Å²) in [4.78, 5) is 0. The lowest BCUT2D eigenvalue weighted by Crippen LogP contribution is -2.15. The van der Waals surface area contributed by atoms with Gasteiger partial charge in [0, 0.05) is 92.2 Å². The van der Waals surface area contributed by atoms with E-state index in [9.17, 15) is 0 Å². The van der Waals surface area contributed by atoms with Gasteiger partial charge in [0.25, 0.3) is 0 Å². The number of fused-ring (bicyclic) bond motifs is 36. The molecule has 4 aromatic heterocycles. The highest BCUT2D eigenvalue weighted by molar-refractivity contribution is 6.33. The third-order valence-electron chi connectivity index (χ3n) is 32.0. The van der Waals surface area contributed by atoms with Gasteiger partial charge in [-0.15, -0.1) is 0 Å². The summed E-state index contributed by atoms with van der Waals surface area (Å²) >= 11 is 0. The van der Waals surface area contributed by atoms with Crippen LogP contribution in [0.15, 0.2) is 473 Å². The number of rotatable bonds is 4. The molecule has 0 unspecified atom stereocenters. The van der Waals surface area contributed by atoms with Crippen LogP contribution >= 0.6 is 0 Å². The Morgan fingerprint density at radius 1 is 0.142 bits per heavy atom. The highest BCUT2D eigenvalue weighted by Crippen LogP contribution is 2.59. The fourth-order valence-electron chi connectivity index (χ4n) is 26.1. The first-order chi connectivity index (χ1) is 69.8.